The van der Waals surface area contributed by atoms with Crippen molar-refractivity contribution in [2.45, 2.75) is 103 Å². The standard InChI is InChI=1S/C33H42O13/c1-10-8-15-20(33(7,41)30(40)46-15)18-19(10)32(6)22(27(18)42-11(2)34)17-21(25(39)28(32)43-12(3)35)31(5)14(23(37)24(17)38)9-16-26(45-16)29(31)44-13(4)36/h8,10,14,16-22,24-29,38-39,41H,9H2,1-7H3. The molecule has 0 aromatic rings. The second-order valence-electron chi connectivity index (χ2n) is 15.3. The SMILES string of the molecule is CC(=O)OC1C2C3C(=CC(C)C2C2(C)C(OC(C)=O)C(O)C4C(C(O)C(=O)C5CC6OC6C(OC(C)=O)C54C)C12)OC(=O)C3(C)O. The summed E-state index contributed by atoms with van der Waals surface area (Å²) in [5.41, 5.74) is -4.54. The monoisotopic (exact) mass is 646 g/mol. The Kier molecular flexibility index (Phi) is 6.78. The van der Waals surface area contributed by atoms with Crippen LogP contribution < -0.4 is 0 Å². The molecule has 0 spiro atoms. The van der Waals surface area contributed by atoms with Gasteiger partial charge in [-0.15, -0.1) is 0 Å². The number of allylic oxidation sites excluding steroid dienone is 1. The molecule has 2 saturated heterocycles. The van der Waals surface area contributed by atoms with E-state index >= 15 is 0 Å². The summed E-state index contributed by atoms with van der Waals surface area (Å²) in [5.74, 6) is -9.67. The number of fused-ring (bicyclic) bond motifs is 10. The molecule has 18 atom stereocenters. The van der Waals surface area contributed by atoms with Crippen LogP contribution in [-0.2, 0) is 47.7 Å². The molecular weight excluding hydrogens is 604 g/mol. The van der Waals surface area contributed by atoms with Crippen molar-refractivity contribution in [2.24, 2.45) is 58.2 Å². The maximum absolute atomic E-state index is 14.3. The van der Waals surface area contributed by atoms with Gasteiger partial charge in [0.05, 0.1) is 18.1 Å². The fraction of sp³-hybridized carbons (Fsp3) is 0.788. The molecule has 18 unspecified atom stereocenters. The molecule has 0 radical (unpaired) electrons. The van der Waals surface area contributed by atoms with Gasteiger partial charge in [-0.2, -0.15) is 0 Å². The van der Waals surface area contributed by atoms with E-state index in [4.69, 9.17) is 23.7 Å². The fourth-order valence-corrected chi connectivity index (χ4v) is 11.7. The molecule has 4 saturated carbocycles. The highest BCUT2D eigenvalue weighted by Gasteiger charge is 2.81. The maximum atomic E-state index is 14.3. The van der Waals surface area contributed by atoms with Gasteiger partial charge in [-0.1, -0.05) is 20.8 Å². The Labute approximate surface area is 265 Å². The van der Waals surface area contributed by atoms with Gasteiger partial charge in [-0.05, 0) is 31.3 Å². The minimum atomic E-state index is -2.01. The van der Waals surface area contributed by atoms with Crippen LogP contribution in [0.1, 0.15) is 54.9 Å². The van der Waals surface area contributed by atoms with Gasteiger partial charge in [0.15, 0.2) is 11.4 Å². The average molecular weight is 647 g/mol. The number of carbonyl (C=O) groups is 5. The molecule has 0 aromatic carbocycles. The van der Waals surface area contributed by atoms with Gasteiger partial charge in [0.2, 0.25) is 0 Å². The molecule has 7 aliphatic rings. The second-order valence-corrected chi connectivity index (χ2v) is 15.3. The predicted molar refractivity (Wildman–Crippen MR) is 152 cm³/mol. The summed E-state index contributed by atoms with van der Waals surface area (Å²) in [6.45, 7) is 10.4. The van der Waals surface area contributed by atoms with Crippen molar-refractivity contribution < 1.29 is 63.0 Å². The summed E-state index contributed by atoms with van der Waals surface area (Å²) in [6, 6.07) is 0. The number of carbonyl (C=O) groups excluding carboxylic acids is 5. The lowest BCUT2D eigenvalue weighted by Crippen LogP contribution is -2.74. The summed E-state index contributed by atoms with van der Waals surface area (Å²) >= 11 is 0. The van der Waals surface area contributed by atoms with Crippen LogP contribution in [0.5, 0.6) is 0 Å². The van der Waals surface area contributed by atoms with Gasteiger partial charge in [0.1, 0.15) is 36.3 Å². The molecule has 0 aromatic heterocycles. The lowest BCUT2D eigenvalue weighted by molar-refractivity contribution is -0.268. The fourth-order valence-electron chi connectivity index (χ4n) is 11.7. The van der Waals surface area contributed by atoms with E-state index < -0.39 is 130 Å². The normalized spacial score (nSPS) is 54.4. The Hall–Kier alpha value is -2.87. The third-order valence-corrected chi connectivity index (χ3v) is 13.0. The zero-order valence-corrected chi connectivity index (χ0v) is 26.9. The van der Waals surface area contributed by atoms with E-state index in [2.05, 4.69) is 0 Å². The van der Waals surface area contributed by atoms with Crippen molar-refractivity contribution in [1.82, 2.24) is 0 Å². The van der Waals surface area contributed by atoms with Crippen LogP contribution in [0.2, 0.25) is 0 Å². The number of aliphatic hydroxyl groups is 3. The number of epoxide rings is 1. The van der Waals surface area contributed by atoms with Crippen molar-refractivity contribution in [2.75, 3.05) is 0 Å². The van der Waals surface area contributed by atoms with E-state index in [1.165, 1.54) is 27.7 Å². The molecule has 3 N–H and O–H groups in total. The molecule has 6 fully saturated rings. The number of aliphatic hydroxyl groups excluding tert-OH is 2. The smallest absolute Gasteiger partial charge is 0.343 e. The summed E-state index contributed by atoms with van der Waals surface area (Å²) in [4.78, 5) is 65.3. The molecular formula is C33H42O13. The minimum absolute atomic E-state index is 0.232. The van der Waals surface area contributed by atoms with Crippen molar-refractivity contribution in [3.8, 4) is 0 Å². The highest BCUT2D eigenvalue weighted by molar-refractivity contribution is 5.88. The highest BCUT2D eigenvalue weighted by atomic mass is 16.6. The summed E-state index contributed by atoms with van der Waals surface area (Å²) < 4.78 is 29.4. The quantitative estimate of drug-likeness (QED) is 0.217. The largest absolute Gasteiger partial charge is 0.462 e. The Balaban J connectivity index is 1.47. The van der Waals surface area contributed by atoms with E-state index in [0.29, 0.717) is 0 Å². The number of ketones is 1. The van der Waals surface area contributed by atoms with Crippen molar-refractivity contribution in [1.29, 1.82) is 0 Å². The lowest BCUT2D eigenvalue weighted by atomic mass is 9.41. The summed E-state index contributed by atoms with van der Waals surface area (Å²) in [7, 11) is 0. The molecule has 46 heavy (non-hydrogen) atoms. The Bertz CT molecular complexity index is 1450. The third kappa shape index (κ3) is 3.85. The van der Waals surface area contributed by atoms with E-state index in [1.807, 2.05) is 6.92 Å². The van der Waals surface area contributed by atoms with Gasteiger partial charge in [0.25, 0.3) is 0 Å². The van der Waals surface area contributed by atoms with Crippen LogP contribution in [0.25, 0.3) is 0 Å². The predicted octanol–water partition coefficient (Wildman–Crippen LogP) is 0.452. The minimum Gasteiger partial charge on any atom is -0.462 e. The maximum Gasteiger partial charge on any atom is 0.343 e. The zero-order chi connectivity index (χ0) is 33.6. The molecule has 2 aliphatic heterocycles. The Morgan fingerprint density at radius 3 is 2.09 bits per heavy atom. The lowest BCUT2D eigenvalue weighted by Gasteiger charge is -2.64. The van der Waals surface area contributed by atoms with Crippen LogP contribution in [0.3, 0.4) is 0 Å². The van der Waals surface area contributed by atoms with Crippen molar-refractivity contribution in [3.05, 3.63) is 11.8 Å². The number of hydrogen-bond acceptors (Lipinski definition) is 13. The van der Waals surface area contributed by atoms with Crippen LogP contribution in [0.4, 0.5) is 0 Å². The van der Waals surface area contributed by atoms with Crippen LogP contribution >= 0.6 is 0 Å². The summed E-state index contributed by atoms with van der Waals surface area (Å²) in [6.07, 6.45) is -5.30. The van der Waals surface area contributed by atoms with Gasteiger partial charge in [0, 0.05) is 61.2 Å². The number of Topliss-reactive ketones (excluding diaryl/α,β-unsaturated/α-hetero) is 1. The zero-order valence-electron chi connectivity index (χ0n) is 26.9. The van der Waals surface area contributed by atoms with Gasteiger partial charge < -0.3 is 39.0 Å². The van der Waals surface area contributed by atoms with Crippen molar-refractivity contribution in [3.63, 3.8) is 0 Å². The van der Waals surface area contributed by atoms with E-state index in [9.17, 15) is 39.3 Å². The first-order valence-electron chi connectivity index (χ1n) is 16.1. The molecule has 252 valence electrons. The Morgan fingerprint density at radius 1 is 0.870 bits per heavy atom. The first-order valence-corrected chi connectivity index (χ1v) is 16.1. The number of esters is 4. The number of rotatable bonds is 3. The molecule has 13 nitrogen and oxygen atoms in total. The third-order valence-electron chi connectivity index (χ3n) is 13.0. The molecule has 0 amide bonds. The average Bonchev–Trinajstić information content (AvgIpc) is 3.61. The van der Waals surface area contributed by atoms with Gasteiger partial charge in [-0.3, -0.25) is 19.2 Å². The first kappa shape index (κ1) is 31.7. The first-order chi connectivity index (χ1) is 21.4. The molecule has 13 heteroatoms. The Morgan fingerprint density at radius 2 is 1.48 bits per heavy atom. The van der Waals surface area contributed by atoms with Gasteiger partial charge >= 0.3 is 23.9 Å². The van der Waals surface area contributed by atoms with Crippen LogP contribution in [0.15, 0.2) is 11.8 Å². The molecule has 7 rings (SSSR count). The van der Waals surface area contributed by atoms with E-state index in [-0.39, 0.29) is 18.3 Å². The number of ether oxygens (including phenoxy) is 5. The number of hydrogen-bond donors (Lipinski definition) is 3. The van der Waals surface area contributed by atoms with Crippen LogP contribution in [-0.4, -0.2) is 93.3 Å². The molecule has 5 aliphatic carbocycles. The van der Waals surface area contributed by atoms with Crippen molar-refractivity contribution >= 4 is 29.7 Å². The molecule has 2 heterocycles. The van der Waals surface area contributed by atoms with Crippen LogP contribution in [0, 0.1) is 58.2 Å². The molecule has 0 bridgehead atoms. The van der Waals surface area contributed by atoms with Gasteiger partial charge in [-0.25, -0.2) is 4.79 Å². The topological polar surface area (TPSA) is 195 Å². The highest BCUT2D eigenvalue weighted by Crippen LogP contribution is 2.73. The van der Waals surface area contributed by atoms with E-state index in [0.717, 1.165) is 0 Å². The van der Waals surface area contributed by atoms with E-state index in [1.54, 1.807) is 19.9 Å². The second kappa shape index (κ2) is 9.83. The summed E-state index contributed by atoms with van der Waals surface area (Å²) in [5, 5.41) is 36.1.